The summed E-state index contributed by atoms with van der Waals surface area (Å²) < 4.78 is 14.4. The van der Waals surface area contributed by atoms with E-state index in [2.05, 4.69) is 21.2 Å². The molecular weight excluding hydrogens is 383 g/mol. The van der Waals surface area contributed by atoms with Crippen LogP contribution in [0.4, 0.5) is 10.1 Å². The molecule has 0 aliphatic carbocycles. The lowest BCUT2D eigenvalue weighted by Gasteiger charge is -2.23. The third-order valence-electron chi connectivity index (χ3n) is 3.59. The zero-order valence-electron chi connectivity index (χ0n) is 12.5. The zero-order valence-corrected chi connectivity index (χ0v) is 14.1. The second-order valence-electron chi connectivity index (χ2n) is 5.20. The van der Waals surface area contributed by atoms with Gasteiger partial charge in [-0.05, 0) is 35.9 Å². The third kappa shape index (κ3) is 4.57. The van der Waals surface area contributed by atoms with Gasteiger partial charge in [-0.3, -0.25) is 10.1 Å². The van der Waals surface area contributed by atoms with Crippen LogP contribution in [0.3, 0.4) is 0 Å². The van der Waals surface area contributed by atoms with Gasteiger partial charge in [-0.2, -0.15) is 0 Å². The van der Waals surface area contributed by atoms with E-state index in [9.17, 15) is 24.7 Å². The molecule has 0 saturated heterocycles. The van der Waals surface area contributed by atoms with E-state index in [0.29, 0.717) is 11.1 Å². The number of nitro benzene ring substituents is 1. The largest absolute Gasteiger partial charge is 0.395 e. The lowest BCUT2D eigenvalue weighted by molar-refractivity contribution is -0.384. The summed E-state index contributed by atoms with van der Waals surface area (Å²) in [6.45, 7) is -0.270. The first kappa shape index (κ1) is 18.5. The predicted octanol–water partition coefficient (Wildman–Crippen LogP) is 2.68. The Morgan fingerprint density at radius 1 is 1.25 bits per heavy atom. The molecule has 128 valence electrons. The first-order valence-electron chi connectivity index (χ1n) is 7.13. The van der Waals surface area contributed by atoms with Gasteiger partial charge in [0.2, 0.25) is 0 Å². The normalized spacial score (nSPS) is 13.5. The van der Waals surface area contributed by atoms with Gasteiger partial charge in [0.25, 0.3) is 5.69 Å². The van der Waals surface area contributed by atoms with Crippen LogP contribution >= 0.6 is 15.9 Å². The number of nitrogens with zero attached hydrogens (tertiary/aromatic N) is 1. The number of hydrogen-bond donors (Lipinski definition) is 3. The molecule has 0 amide bonds. The average Bonchev–Trinajstić information content (AvgIpc) is 2.58. The van der Waals surface area contributed by atoms with Gasteiger partial charge >= 0.3 is 0 Å². The Hall–Kier alpha value is -1.87. The standard InChI is InChI=1S/C16H16BrFN2O4/c17-12-3-6-14(18)11(7-12)8-19-15(9-21)16(22)10-1-4-13(5-2-10)20(23)24/h1-7,15-16,19,21-22H,8-9H2/t15-,16+/m1/s1. The molecule has 0 aliphatic rings. The van der Waals surface area contributed by atoms with Crippen molar-refractivity contribution in [2.24, 2.45) is 0 Å². The fourth-order valence-electron chi connectivity index (χ4n) is 2.22. The SMILES string of the molecule is O=[N+]([O-])c1ccc([C@H](O)[C@@H](CO)NCc2cc(Br)ccc2F)cc1. The summed E-state index contributed by atoms with van der Waals surface area (Å²) in [5, 5.41) is 33.3. The molecule has 2 aromatic carbocycles. The summed E-state index contributed by atoms with van der Waals surface area (Å²) >= 11 is 3.26. The van der Waals surface area contributed by atoms with Crippen LogP contribution in [-0.4, -0.2) is 27.8 Å². The molecule has 0 radical (unpaired) electrons. The molecule has 24 heavy (non-hydrogen) atoms. The molecule has 0 fully saturated rings. The number of rotatable bonds is 7. The first-order chi connectivity index (χ1) is 11.4. The molecule has 0 unspecified atom stereocenters. The van der Waals surface area contributed by atoms with Gasteiger partial charge in [0, 0.05) is 28.7 Å². The number of nitrogens with one attached hydrogen (secondary N) is 1. The Morgan fingerprint density at radius 3 is 2.50 bits per heavy atom. The molecule has 0 aromatic heterocycles. The lowest BCUT2D eigenvalue weighted by Crippen LogP contribution is -2.37. The van der Waals surface area contributed by atoms with Crippen molar-refractivity contribution >= 4 is 21.6 Å². The number of benzene rings is 2. The van der Waals surface area contributed by atoms with Crippen molar-refractivity contribution in [1.82, 2.24) is 5.32 Å². The van der Waals surface area contributed by atoms with Crippen molar-refractivity contribution < 1.29 is 19.5 Å². The highest BCUT2D eigenvalue weighted by molar-refractivity contribution is 9.10. The van der Waals surface area contributed by atoms with E-state index < -0.39 is 22.9 Å². The molecule has 0 aliphatic heterocycles. The van der Waals surface area contributed by atoms with Crippen LogP contribution in [0.25, 0.3) is 0 Å². The van der Waals surface area contributed by atoms with Crippen molar-refractivity contribution in [2.45, 2.75) is 18.7 Å². The Kier molecular flexibility index (Phi) is 6.38. The Morgan fingerprint density at radius 2 is 1.92 bits per heavy atom. The van der Waals surface area contributed by atoms with Crippen LogP contribution in [0.15, 0.2) is 46.9 Å². The summed E-state index contributed by atoms with van der Waals surface area (Å²) in [4.78, 5) is 10.1. The van der Waals surface area contributed by atoms with Crippen LogP contribution in [0, 0.1) is 15.9 Å². The molecule has 3 N–H and O–H groups in total. The van der Waals surface area contributed by atoms with Gasteiger partial charge in [-0.15, -0.1) is 0 Å². The van der Waals surface area contributed by atoms with Gasteiger partial charge < -0.3 is 15.5 Å². The molecule has 6 nitrogen and oxygen atoms in total. The van der Waals surface area contributed by atoms with E-state index in [0.717, 1.165) is 4.47 Å². The van der Waals surface area contributed by atoms with Crippen LogP contribution in [0.1, 0.15) is 17.2 Å². The Labute approximate surface area is 146 Å². The highest BCUT2D eigenvalue weighted by atomic mass is 79.9. The minimum atomic E-state index is -1.09. The fraction of sp³-hybridized carbons (Fsp3) is 0.250. The summed E-state index contributed by atoms with van der Waals surface area (Å²) in [6, 6.07) is 9.16. The number of nitro groups is 1. The van der Waals surface area contributed by atoms with Gasteiger partial charge in [-0.25, -0.2) is 4.39 Å². The lowest BCUT2D eigenvalue weighted by atomic mass is 10.0. The molecule has 2 aromatic rings. The van der Waals surface area contributed by atoms with E-state index in [1.165, 1.54) is 30.3 Å². The summed E-state index contributed by atoms with van der Waals surface area (Å²) in [6.07, 6.45) is -1.09. The summed E-state index contributed by atoms with van der Waals surface area (Å²) in [5.74, 6) is -0.396. The van der Waals surface area contributed by atoms with E-state index in [1.807, 2.05) is 0 Å². The number of hydrogen-bond acceptors (Lipinski definition) is 5. The van der Waals surface area contributed by atoms with Crippen molar-refractivity contribution in [1.29, 1.82) is 0 Å². The molecule has 8 heteroatoms. The zero-order chi connectivity index (χ0) is 17.7. The van der Waals surface area contributed by atoms with Gasteiger partial charge in [0.05, 0.1) is 23.7 Å². The smallest absolute Gasteiger partial charge is 0.269 e. The fourth-order valence-corrected chi connectivity index (χ4v) is 2.63. The number of aliphatic hydroxyl groups excluding tert-OH is 2. The van der Waals surface area contributed by atoms with Crippen molar-refractivity contribution in [3.05, 3.63) is 74.0 Å². The highest BCUT2D eigenvalue weighted by Gasteiger charge is 2.21. The van der Waals surface area contributed by atoms with Gasteiger partial charge in [0.15, 0.2) is 0 Å². The van der Waals surface area contributed by atoms with E-state index in [1.54, 1.807) is 12.1 Å². The van der Waals surface area contributed by atoms with Gasteiger partial charge in [0.1, 0.15) is 5.82 Å². The molecular formula is C16H16BrFN2O4. The molecule has 2 atom stereocenters. The molecule has 0 spiro atoms. The minimum absolute atomic E-state index is 0.0873. The van der Waals surface area contributed by atoms with Crippen LogP contribution < -0.4 is 5.32 Å². The Balaban J connectivity index is 2.07. The summed E-state index contributed by atoms with van der Waals surface area (Å²) in [5.41, 5.74) is 0.719. The highest BCUT2D eigenvalue weighted by Crippen LogP contribution is 2.21. The van der Waals surface area contributed by atoms with Gasteiger partial charge in [-0.1, -0.05) is 15.9 Å². The van der Waals surface area contributed by atoms with Crippen LogP contribution in [0.5, 0.6) is 0 Å². The second-order valence-corrected chi connectivity index (χ2v) is 6.11. The minimum Gasteiger partial charge on any atom is -0.395 e. The van der Waals surface area contributed by atoms with E-state index >= 15 is 0 Å². The number of halogens is 2. The quantitative estimate of drug-likeness (QED) is 0.492. The maximum Gasteiger partial charge on any atom is 0.269 e. The molecule has 0 saturated carbocycles. The van der Waals surface area contributed by atoms with Crippen molar-refractivity contribution in [3.8, 4) is 0 Å². The third-order valence-corrected chi connectivity index (χ3v) is 4.08. The Bertz CT molecular complexity index is 712. The maximum atomic E-state index is 13.7. The monoisotopic (exact) mass is 398 g/mol. The van der Waals surface area contributed by atoms with Crippen LogP contribution in [-0.2, 0) is 6.54 Å². The maximum absolute atomic E-state index is 13.7. The number of non-ortho nitro benzene ring substituents is 1. The topological polar surface area (TPSA) is 95.6 Å². The van der Waals surface area contributed by atoms with E-state index in [-0.39, 0.29) is 18.8 Å². The summed E-state index contributed by atoms with van der Waals surface area (Å²) in [7, 11) is 0. The van der Waals surface area contributed by atoms with Crippen molar-refractivity contribution in [3.63, 3.8) is 0 Å². The van der Waals surface area contributed by atoms with Crippen molar-refractivity contribution in [2.75, 3.05) is 6.61 Å². The molecule has 0 bridgehead atoms. The van der Waals surface area contributed by atoms with E-state index in [4.69, 9.17) is 0 Å². The predicted molar refractivity (Wildman–Crippen MR) is 89.9 cm³/mol. The first-order valence-corrected chi connectivity index (χ1v) is 7.92. The average molecular weight is 399 g/mol. The molecule has 0 heterocycles. The second kappa shape index (κ2) is 8.29. The molecule has 2 rings (SSSR count). The van der Waals surface area contributed by atoms with Crippen LogP contribution in [0.2, 0.25) is 0 Å². The number of aliphatic hydroxyl groups is 2.